The average Bonchev–Trinajstić information content (AvgIpc) is 3.19. The molecule has 6 heteroatoms. The van der Waals surface area contributed by atoms with E-state index in [0.717, 1.165) is 42.4 Å². The predicted molar refractivity (Wildman–Crippen MR) is 104 cm³/mol. The van der Waals surface area contributed by atoms with E-state index in [0.29, 0.717) is 12.2 Å². The lowest BCUT2D eigenvalue weighted by Crippen LogP contribution is -2.20. The highest BCUT2D eigenvalue weighted by Gasteiger charge is 2.39. The Hall–Kier alpha value is -2.05. The van der Waals surface area contributed by atoms with Crippen LogP contribution in [0.15, 0.2) is 62.8 Å². The van der Waals surface area contributed by atoms with Crippen molar-refractivity contribution in [1.29, 1.82) is 0 Å². The van der Waals surface area contributed by atoms with Crippen molar-refractivity contribution in [1.82, 2.24) is 4.98 Å². The molecular formula is C19H12Br2N2O2. The first-order valence-electron chi connectivity index (χ1n) is 7.85. The summed E-state index contributed by atoms with van der Waals surface area (Å²) in [6, 6.07) is 12.3. The number of hydrogen-bond donors (Lipinski definition) is 2. The van der Waals surface area contributed by atoms with E-state index in [1.807, 2.05) is 12.3 Å². The second-order valence-corrected chi connectivity index (χ2v) is 8.03. The van der Waals surface area contributed by atoms with Gasteiger partial charge in [0.05, 0.1) is 17.0 Å². The summed E-state index contributed by atoms with van der Waals surface area (Å²) in [6.45, 7) is 0.292. The van der Waals surface area contributed by atoms with Gasteiger partial charge < -0.3 is 15.0 Å². The van der Waals surface area contributed by atoms with Crippen LogP contribution in [-0.4, -0.2) is 17.6 Å². The molecule has 25 heavy (non-hydrogen) atoms. The van der Waals surface area contributed by atoms with Crippen LogP contribution in [-0.2, 0) is 9.53 Å². The Labute approximate surface area is 160 Å². The van der Waals surface area contributed by atoms with Gasteiger partial charge in [-0.15, -0.1) is 0 Å². The van der Waals surface area contributed by atoms with Crippen molar-refractivity contribution >= 4 is 54.4 Å². The van der Waals surface area contributed by atoms with E-state index in [4.69, 9.17) is 4.74 Å². The highest BCUT2D eigenvalue weighted by molar-refractivity contribution is 9.11. The van der Waals surface area contributed by atoms with Crippen LogP contribution in [0.4, 0.5) is 5.69 Å². The van der Waals surface area contributed by atoms with Crippen LogP contribution in [0.25, 0.3) is 10.9 Å². The van der Waals surface area contributed by atoms with Crippen LogP contribution in [0.1, 0.15) is 17.0 Å². The molecule has 2 aromatic carbocycles. The molecule has 1 atom stereocenters. The number of carbonyl (C=O) groups excluding carboxylic acids is 1. The third-order valence-corrected chi connectivity index (χ3v) is 5.67. The number of carbonyl (C=O) groups is 1. The van der Waals surface area contributed by atoms with Crippen LogP contribution in [0.5, 0.6) is 0 Å². The largest absolute Gasteiger partial charge is 0.456 e. The normalized spacial score (nSPS) is 18.8. The quantitative estimate of drug-likeness (QED) is 0.500. The molecule has 3 heterocycles. The molecule has 0 bridgehead atoms. The zero-order valence-electron chi connectivity index (χ0n) is 12.9. The molecule has 0 saturated carbocycles. The number of halogens is 2. The van der Waals surface area contributed by atoms with Crippen LogP contribution in [0.3, 0.4) is 0 Å². The molecule has 2 aliphatic heterocycles. The molecule has 0 spiro atoms. The average molecular weight is 460 g/mol. The number of aromatic amines is 1. The molecule has 0 saturated heterocycles. The highest BCUT2D eigenvalue weighted by atomic mass is 79.9. The van der Waals surface area contributed by atoms with Crippen LogP contribution in [0, 0.1) is 0 Å². The molecule has 0 amide bonds. The Balaban J connectivity index is 1.81. The smallest absolute Gasteiger partial charge is 0.337 e. The number of fused-ring (bicyclic) bond motifs is 3. The van der Waals surface area contributed by atoms with Gasteiger partial charge in [-0.1, -0.05) is 37.9 Å². The lowest BCUT2D eigenvalue weighted by molar-refractivity contribution is -0.136. The molecule has 1 aromatic heterocycles. The van der Waals surface area contributed by atoms with E-state index in [-0.39, 0.29) is 11.9 Å². The Bertz CT molecular complexity index is 1060. The summed E-state index contributed by atoms with van der Waals surface area (Å²) in [6.07, 6.45) is 1.93. The van der Waals surface area contributed by atoms with Crippen LogP contribution < -0.4 is 5.32 Å². The summed E-state index contributed by atoms with van der Waals surface area (Å²) in [4.78, 5) is 15.7. The maximum atomic E-state index is 12.4. The van der Waals surface area contributed by atoms with Gasteiger partial charge in [0.2, 0.25) is 0 Å². The number of nitrogens with one attached hydrogen (secondary N) is 2. The molecule has 0 radical (unpaired) electrons. The SMILES string of the molecule is O=C1OCC2=C1C(c1cc(Br)cc(Br)c1)c1ccc3[nH]ccc3c1N2. The highest BCUT2D eigenvalue weighted by Crippen LogP contribution is 2.47. The molecule has 4 nitrogen and oxygen atoms in total. The zero-order chi connectivity index (χ0) is 17.1. The van der Waals surface area contributed by atoms with Crippen molar-refractivity contribution in [2.24, 2.45) is 0 Å². The first-order chi connectivity index (χ1) is 12.1. The minimum atomic E-state index is -0.247. The summed E-state index contributed by atoms with van der Waals surface area (Å²) in [5, 5.41) is 4.55. The van der Waals surface area contributed by atoms with Crippen molar-refractivity contribution in [2.75, 3.05) is 11.9 Å². The standard InChI is InChI=1S/C19H12Br2N2O2/c20-10-5-9(6-11(21)7-10)16-13-1-2-14-12(3-4-22-14)18(13)23-15-8-25-19(24)17(15)16/h1-7,16,22-23H,8H2. The second-order valence-electron chi connectivity index (χ2n) is 6.20. The summed E-state index contributed by atoms with van der Waals surface area (Å²) in [5.74, 6) is -0.405. The molecule has 0 fully saturated rings. The van der Waals surface area contributed by atoms with Gasteiger partial charge >= 0.3 is 5.97 Å². The monoisotopic (exact) mass is 458 g/mol. The van der Waals surface area contributed by atoms with E-state index < -0.39 is 0 Å². The Kier molecular flexibility index (Phi) is 3.33. The lowest BCUT2D eigenvalue weighted by atomic mass is 9.80. The van der Waals surface area contributed by atoms with E-state index >= 15 is 0 Å². The topological polar surface area (TPSA) is 54.1 Å². The Morgan fingerprint density at radius 2 is 1.88 bits per heavy atom. The second kappa shape index (κ2) is 5.47. The van der Waals surface area contributed by atoms with E-state index in [9.17, 15) is 4.79 Å². The number of H-pyrrole nitrogens is 1. The summed E-state index contributed by atoms with van der Waals surface area (Å²) >= 11 is 7.12. The number of cyclic esters (lactones) is 1. The first kappa shape index (κ1) is 15.2. The number of hydrogen-bond acceptors (Lipinski definition) is 3. The van der Waals surface area contributed by atoms with Gasteiger partial charge in [-0.25, -0.2) is 4.79 Å². The van der Waals surface area contributed by atoms with E-state index in [1.165, 1.54) is 0 Å². The number of rotatable bonds is 1. The molecule has 2 N–H and O–H groups in total. The van der Waals surface area contributed by atoms with Crippen molar-refractivity contribution < 1.29 is 9.53 Å². The molecule has 5 rings (SSSR count). The van der Waals surface area contributed by atoms with Gasteiger partial charge in [0.15, 0.2) is 0 Å². The minimum absolute atomic E-state index is 0.158. The number of aromatic nitrogens is 1. The van der Waals surface area contributed by atoms with E-state index in [1.54, 1.807) is 0 Å². The van der Waals surface area contributed by atoms with Gasteiger partial charge in [-0.05, 0) is 41.5 Å². The summed E-state index contributed by atoms with van der Waals surface area (Å²) in [7, 11) is 0. The molecule has 0 aliphatic carbocycles. The summed E-state index contributed by atoms with van der Waals surface area (Å²) in [5.41, 5.74) is 5.78. The summed E-state index contributed by atoms with van der Waals surface area (Å²) < 4.78 is 7.26. The fourth-order valence-electron chi connectivity index (χ4n) is 3.74. The number of benzene rings is 2. The number of esters is 1. The predicted octanol–water partition coefficient (Wildman–Crippen LogP) is 5.06. The minimum Gasteiger partial charge on any atom is -0.456 e. The van der Waals surface area contributed by atoms with Crippen molar-refractivity contribution in [3.05, 3.63) is 73.9 Å². The Morgan fingerprint density at radius 1 is 1.08 bits per heavy atom. The van der Waals surface area contributed by atoms with Crippen molar-refractivity contribution in [3.8, 4) is 0 Å². The van der Waals surface area contributed by atoms with Gasteiger partial charge in [-0.2, -0.15) is 0 Å². The fourth-order valence-corrected chi connectivity index (χ4v) is 5.07. The number of ether oxygens (including phenoxy) is 1. The maximum absolute atomic E-state index is 12.4. The molecular weight excluding hydrogens is 448 g/mol. The van der Waals surface area contributed by atoms with Gasteiger partial charge in [0, 0.05) is 32.0 Å². The molecule has 1 unspecified atom stereocenters. The molecule has 3 aromatic rings. The third-order valence-electron chi connectivity index (χ3n) is 4.75. The Morgan fingerprint density at radius 3 is 2.68 bits per heavy atom. The van der Waals surface area contributed by atoms with Gasteiger partial charge in [-0.3, -0.25) is 0 Å². The fraction of sp³-hybridized carbons (Fsp3) is 0.105. The molecule has 2 aliphatic rings. The van der Waals surface area contributed by atoms with Crippen LogP contribution >= 0.6 is 31.9 Å². The zero-order valence-corrected chi connectivity index (χ0v) is 16.1. The third kappa shape index (κ3) is 2.28. The maximum Gasteiger partial charge on any atom is 0.337 e. The molecule has 124 valence electrons. The lowest BCUT2D eigenvalue weighted by Gasteiger charge is -2.28. The van der Waals surface area contributed by atoms with Crippen molar-refractivity contribution in [2.45, 2.75) is 5.92 Å². The first-order valence-corrected chi connectivity index (χ1v) is 9.43. The van der Waals surface area contributed by atoms with Crippen LogP contribution in [0.2, 0.25) is 0 Å². The van der Waals surface area contributed by atoms with Crippen molar-refractivity contribution in [3.63, 3.8) is 0 Å². The number of anilines is 1. The van der Waals surface area contributed by atoms with Gasteiger partial charge in [0.25, 0.3) is 0 Å². The van der Waals surface area contributed by atoms with E-state index in [2.05, 4.69) is 72.5 Å². The van der Waals surface area contributed by atoms with Gasteiger partial charge in [0.1, 0.15) is 6.61 Å².